The summed E-state index contributed by atoms with van der Waals surface area (Å²) in [6.45, 7) is 11.3. The molecule has 7 rings (SSSR count). The molecule has 2 unspecified atom stereocenters. The summed E-state index contributed by atoms with van der Waals surface area (Å²) >= 11 is 8.16. The SMILES string of the molecule is Cc1ccc2c(c1C1CCCCC1)=NC(Br)(c1ccc(C(C)(C)C)c(C3(Br)N=c4ccc(C)c(C5CCCCC5)c4=N3)c1)N=2. The van der Waals surface area contributed by atoms with Crippen molar-refractivity contribution in [1.82, 2.24) is 0 Å². The summed E-state index contributed by atoms with van der Waals surface area (Å²) < 4.78 is -1.78. The number of halogens is 2. The molecule has 44 heavy (non-hydrogen) atoms. The number of hydrogen-bond acceptors (Lipinski definition) is 4. The Hall–Kier alpha value is -2.18. The summed E-state index contributed by atoms with van der Waals surface area (Å²) in [5.41, 5.74) is 8.66. The summed E-state index contributed by atoms with van der Waals surface area (Å²) in [4.78, 5) is 21.4. The van der Waals surface area contributed by atoms with Crippen molar-refractivity contribution < 1.29 is 0 Å². The second kappa shape index (κ2) is 11.3. The highest BCUT2D eigenvalue weighted by atomic mass is 79.9. The fourth-order valence-corrected chi connectivity index (χ4v) is 9.51. The number of fused-ring (bicyclic) bond motifs is 2. The molecule has 0 saturated heterocycles. The van der Waals surface area contributed by atoms with Crippen LogP contribution in [0.3, 0.4) is 0 Å². The Morgan fingerprint density at radius 1 is 0.614 bits per heavy atom. The van der Waals surface area contributed by atoms with Crippen LogP contribution in [-0.4, -0.2) is 0 Å². The van der Waals surface area contributed by atoms with Gasteiger partial charge in [-0.2, -0.15) is 0 Å². The first-order chi connectivity index (χ1) is 21.0. The molecular formula is C38H44Br2N4. The summed E-state index contributed by atoms with van der Waals surface area (Å²) in [7, 11) is 0. The Labute approximate surface area is 278 Å². The molecule has 0 radical (unpaired) electrons. The summed E-state index contributed by atoms with van der Waals surface area (Å²) in [6.07, 6.45) is 12.8. The van der Waals surface area contributed by atoms with Crippen LogP contribution in [0.4, 0.5) is 0 Å². The minimum atomic E-state index is -0.899. The Kier molecular flexibility index (Phi) is 7.80. The molecule has 0 amide bonds. The Morgan fingerprint density at radius 2 is 1.09 bits per heavy atom. The number of alkyl halides is 2. The van der Waals surface area contributed by atoms with Crippen LogP contribution in [0.5, 0.6) is 0 Å². The van der Waals surface area contributed by atoms with E-state index < -0.39 is 9.14 Å². The average molecular weight is 717 g/mol. The Bertz CT molecular complexity index is 1880. The van der Waals surface area contributed by atoms with Crippen LogP contribution in [0, 0.1) is 13.8 Å². The average Bonchev–Trinajstić information content (AvgIpc) is 3.54. The number of rotatable bonds is 4. The first-order valence-corrected chi connectivity index (χ1v) is 18.3. The molecule has 4 nitrogen and oxygen atoms in total. The molecule has 6 heteroatoms. The molecule has 2 fully saturated rings. The Morgan fingerprint density at radius 3 is 1.59 bits per heavy atom. The molecule has 3 aromatic rings. The van der Waals surface area contributed by atoms with Gasteiger partial charge in [0.25, 0.3) is 0 Å². The molecule has 0 N–H and O–H groups in total. The maximum Gasteiger partial charge on any atom is 0.233 e. The summed E-state index contributed by atoms with van der Waals surface area (Å²) in [5, 5.41) is 4.11. The normalized spacial score (nSPS) is 25.4. The third-order valence-corrected chi connectivity index (χ3v) is 12.0. The lowest BCUT2D eigenvalue weighted by atomic mass is 9.81. The quantitative estimate of drug-likeness (QED) is 0.192. The largest absolute Gasteiger partial charge is 0.238 e. The van der Waals surface area contributed by atoms with Gasteiger partial charge in [-0.3, -0.25) is 0 Å². The number of hydrogen-bond donors (Lipinski definition) is 0. The molecule has 3 aromatic carbocycles. The first kappa shape index (κ1) is 30.5. The van der Waals surface area contributed by atoms with Gasteiger partial charge < -0.3 is 0 Å². The minimum Gasteiger partial charge on any atom is -0.238 e. The lowest BCUT2D eigenvalue weighted by Crippen LogP contribution is -2.29. The molecule has 4 aliphatic rings. The van der Waals surface area contributed by atoms with Gasteiger partial charge in [0.1, 0.15) is 0 Å². The van der Waals surface area contributed by atoms with Crippen LogP contribution in [0.2, 0.25) is 0 Å². The van der Waals surface area contributed by atoms with Crippen molar-refractivity contribution in [3.8, 4) is 0 Å². The van der Waals surface area contributed by atoms with Crippen LogP contribution in [0.15, 0.2) is 62.4 Å². The minimum absolute atomic E-state index is 0.103. The lowest BCUT2D eigenvalue weighted by molar-refractivity contribution is 0.440. The van der Waals surface area contributed by atoms with Crippen LogP contribution >= 0.6 is 31.9 Å². The predicted octanol–water partition coefficient (Wildman–Crippen LogP) is 8.61. The molecule has 2 atom stereocenters. The standard InChI is InChI=1S/C38H44Br2N4/c1-23-16-20-30-34(32(23)25-12-8-6-9-13-25)43-37(39,41-30)27-18-19-28(36(3,4)5)29(22-27)38(40)42-31-21-17-24(2)33(35(31)44-38)26-14-10-7-11-15-26/h16-22,25-26H,6-15H2,1-5H3. The zero-order valence-electron chi connectivity index (χ0n) is 26.8. The molecule has 0 bridgehead atoms. The van der Waals surface area contributed by atoms with Gasteiger partial charge in [-0.25, -0.2) is 20.0 Å². The van der Waals surface area contributed by atoms with E-state index in [0.717, 1.165) is 32.6 Å². The monoisotopic (exact) mass is 714 g/mol. The molecule has 2 saturated carbocycles. The van der Waals surface area contributed by atoms with Crippen molar-refractivity contribution in [2.24, 2.45) is 20.0 Å². The van der Waals surface area contributed by atoms with Crippen molar-refractivity contribution >= 4 is 31.9 Å². The van der Waals surface area contributed by atoms with E-state index in [1.807, 2.05) is 0 Å². The van der Waals surface area contributed by atoms with E-state index >= 15 is 0 Å². The van der Waals surface area contributed by atoms with Gasteiger partial charge >= 0.3 is 0 Å². The van der Waals surface area contributed by atoms with Crippen LogP contribution < -0.4 is 21.4 Å². The third kappa shape index (κ3) is 5.26. The van der Waals surface area contributed by atoms with Gasteiger partial charge in [0.2, 0.25) is 9.14 Å². The van der Waals surface area contributed by atoms with Gasteiger partial charge in [0.05, 0.1) is 21.4 Å². The topological polar surface area (TPSA) is 49.4 Å². The predicted molar refractivity (Wildman–Crippen MR) is 185 cm³/mol. The van der Waals surface area contributed by atoms with Crippen LogP contribution in [-0.2, 0) is 14.6 Å². The van der Waals surface area contributed by atoms with Crippen molar-refractivity contribution in [3.63, 3.8) is 0 Å². The van der Waals surface area contributed by atoms with E-state index in [0.29, 0.717) is 11.8 Å². The zero-order valence-corrected chi connectivity index (χ0v) is 30.0. The Balaban J connectivity index is 1.38. The van der Waals surface area contributed by atoms with Crippen LogP contribution in [0.25, 0.3) is 0 Å². The van der Waals surface area contributed by atoms with E-state index in [1.165, 1.54) is 92.0 Å². The molecule has 0 spiro atoms. The lowest BCUT2D eigenvalue weighted by Gasteiger charge is -2.29. The number of benzene rings is 3. The number of aryl methyl sites for hydroxylation is 2. The van der Waals surface area contributed by atoms with Gasteiger partial charge in [-0.15, -0.1) is 0 Å². The highest BCUT2D eigenvalue weighted by Crippen LogP contribution is 2.45. The van der Waals surface area contributed by atoms with Crippen molar-refractivity contribution in [1.29, 1.82) is 0 Å². The van der Waals surface area contributed by atoms with Crippen molar-refractivity contribution in [2.75, 3.05) is 0 Å². The van der Waals surface area contributed by atoms with Gasteiger partial charge in [-0.05, 0) is 135 Å². The molecule has 2 aliphatic carbocycles. The maximum absolute atomic E-state index is 5.45. The fraction of sp³-hybridized carbons (Fsp3) is 0.526. The van der Waals surface area contributed by atoms with Gasteiger partial charge in [0, 0.05) is 11.1 Å². The van der Waals surface area contributed by atoms with Gasteiger partial charge in [0.15, 0.2) is 0 Å². The molecule has 0 aromatic heterocycles. The highest BCUT2D eigenvalue weighted by molar-refractivity contribution is 9.09. The van der Waals surface area contributed by atoms with Crippen LogP contribution in [0.1, 0.15) is 136 Å². The second-order valence-electron chi connectivity index (χ2n) is 14.6. The molecular weight excluding hydrogens is 672 g/mol. The van der Waals surface area contributed by atoms with E-state index in [2.05, 4.69) is 109 Å². The van der Waals surface area contributed by atoms with Crippen molar-refractivity contribution in [3.05, 3.63) is 103 Å². The zero-order chi connectivity index (χ0) is 30.9. The highest BCUT2D eigenvalue weighted by Gasteiger charge is 2.40. The summed E-state index contributed by atoms with van der Waals surface area (Å²) in [5.74, 6) is 1.12. The fourth-order valence-electron chi connectivity index (χ4n) is 8.20. The maximum atomic E-state index is 5.45. The van der Waals surface area contributed by atoms with E-state index in [-0.39, 0.29) is 5.41 Å². The number of nitrogens with zero attached hydrogens (tertiary/aromatic N) is 4. The molecule has 2 aliphatic heterocycles. The smallest absolute Gasteiger partial charge is 0.233 e. The van der Waals surface area contributed by atoms with E-state index in [1.54, 1.807) is 0 Å². The van der Waals surface area contributed by atoms with E-state index in [4.69, 9.17) is 20.0 Å². The first-order valence-electron chi connectivity index (χ1n) is 16.7. The third-order valence-electron chi connectivity index (χ3n) is 10.4. The summed E-state index contributed by atoms with van der Waals surface area (Å²) in [6, 6.07) is 15.5. The van der Waals surface area contributed by atoms with E-state index in [9.17, 15) is 0 Å². The molecule has 2 heterocycles. The second-order valence-corrected chi connectivity index (χ2v) is 16.8. The molecule has 230 valence electrons. The van der Waals surface area contributed by atoms with Crippen molar-refractivity contribution in [2.45, 2.75) is 125 Å². The van der Waals surface area contributed by atoms with Gasteiger partial charge in [-0.1, -0.05) is 83.6 Å².